The van der Waals surface area contributed by atoms with Gasteiger partial charge in [0.1, 0.15) is 0 Å². The third-order valence-electron chi connectivity index (χ3n) is 4.39. The van der Waals surface area contributed by atoms with E-state index in [0.29, 0.717) is 0 Å². The van der Waals surface area contributed by atoms with Crippen molar-refractivity contribution in [1.29, 1.82) is 0 Å². The number of benzene rings is 2. The van der Waals surface area contributed by atoms with Gasteiger partial charge in [-0.15, -0.1) is 0 Å². The molecule has 2 aromatic rings. The minimum absolute atomic E-state index is 0.0246. The van der Waals surface area contributed by atoms with Gasteiger partial charge in [-0.25, -0.2) is 0 Å². The molecule has 0 saturated heterocycles. The molecular weight excluding hydrogens is 284 g/mol. The van der Waals surface area contributed by atoms with Gasteiger partial charge in [-0.1, -0.05) is 43.7 Å². The van der Waals surface area contributed by atoms with Crippen molar-refractivity contribution in [3.8, 4) is 0 Å². The number of carbonyl (C=O) groups is 1. The van der Waals surface area contributed by atoms with Crippen LogP contribution in [0.15, 0.2) is 48.5 Å². The van der Waals surface area contributed by atoms with Crippen LogP contribution < -0.4 is 10.2 Å². The van der Waals surface area contributed by atoms with Gasteiger partial charge in [-0.3, -0.25) is 4.79 Å². The second-order valence-corrected chi connectivity index (χ2v) is 6.11. The molecule has 0 radical (unpaired) electrons. The zero-order valence-electron chi connectivity index (χ0n) is 13.7. The molecule has 0 unspecified atom stereocenters. The number of nitrogens with one attached hydrogen (secondary N) is 1. The highest BCUT2D eigenvalue weighted by Crippen LogP contribution is 2.28. The minimum atomic E-state index is 0.0246. The predicted octanol–water partition coefficient (Wildman–Crippen LogP) is 3.78. The van der Waals surface area contributed by atoms with Crippen LogP contribution in [0.25, 0.3) is 0 Å². The average Bonchev–Trinajstić information content (AvgIpc) is 2.99. The Morgan fingerprint density at radius 2 is 1.91 bits per heavy atom. The van der Waals surface area contributed by atoms with Crippen LogP contribution in [0.3, 0.4) is 0 Å². The van der Waals surface area contributed by atoms with Crippen LogP contribution in [-0.4, -0.2) is 19.0 Å². The highest BCUT2D eigenvalue weighted by Gasteiger charge is 2.18. The summed E-state index contributed by atoms with van der Waals surface area (Å²) in [6, 6.07) is 16.6. The molecule has 1 aliphatic heterocycles. The number of hydrogen-bond acceptors (Lipinski definition) is 2. The molecule has 0 bridgehead atoms. The normalized spacial score (nSPS) is 13.0. The lowest BCUT2D eigenvalue weighted by Gasteiger charge is -2.19. The van der Waals surface area contributed by atoms with Gasteiger partial charge in [-0.2, -0.15) is 0 Å². The molecule has 3 nitrogen and oxygen atoms in total. The van der Waals surface area contributed by atoms with E-state index in [-0.39, 0.29) is 5.91 Å². The van der Waals surface area contributed by atoms with Crippen molar-refractivity contribution in [2.24, 2.45) is 0 Å². The molecule has 120 valence electrons. The van der Waals surface area contributed by atoms with Crippen molar-refractivity contribution in [2.45, 2.75) is 32.7 Å². The third-order valence-corrected chi connectivity index (χ3v) is 4.39. The van der Waals surface area contributed by atoms with Gasteiger partial charge >= 0.3 is 0 Å². The van der Waals surface area contributed by atoms with Crippen molar-refractivity contribution < 1.29 is 4.79 Å². The molecule has 3 heteroatoms. The number of fused-ring (bicyclic) bond motifs is 1. The molecule has 0 saturated carbocycles. The van der Waals surface area contributed by atoms with E-state index in [0.717, 1.165) is 44.5 Å². The van der Waals surface area contributed by atoms with Crippen molar-refractivity contribution in [2.75, 3.05) is 18.0 Å². The quantitative estimate of drug-likeness (QED) is 0.824. The van der Waals surface area contributed by atoms with E-state index in [4.69, 9.17) is 0 Å². The maximum Gasteiger partial charge on any atom is 0.251 e. The van der Waals surface area contributed by atoms with Gasteiger partial charge in [0.05, 0.1) is 0 Å². The average molecular weight is 308 g/mol. The van der Waals surface area contributed by atoms with Gasteiger partial charge in [-0.05, 0) is 42.2 Å². The summed E-state index contributed by atoms with van der Waals surface area (Å²) in [5.74, 6) is 0.0246. The van der Waals surface area contributed by atoms with E-state index in [9.17, 15) is 4.79 Å². The van der Waals surface area contributed by atoms with Crippen LogP contribution in [-0.2, 0) is 13.0 Å². The number of hydrogen-bond donors (Lipinski definition) is 1. The van der Waals surface area contributed by atoms with E-state index in [1.54, 1.807) is 0 Å². The molecule has 3 rings (SSSR count). The Hall–Kier alpha value is -2.29. The first-order chi connectivity index (χ1) is 11.3. The summed E-state index contributed by atoms with van der Waals surface area (Å²) in [7, 11) is 0. The van der Waals surface area contributed by atoms with Crippen LogP contribution in [0.5, 0.6) is 0 Å². The Morgan fingerprint density at radius 3 is 2.70 bits per heavy atom. The van der Waals surface area contributed by atoms with Crippen LogP contribution in [0, 0.1) is 0 Å². The number of para-hydroxylation sites is 1. The number of nitrogens with zero attached hydrogens (tertiary/aromatic N) is 1. The van der Waals surface area contributed by atoms with Gasteiger partial charge in [0, 0.05) is 30.9 Å². The molecule has 0 atom stereocenters. The van der Waals surface area contributed by atoms with Crippen LogP contribution in [0.4, 0.5) is 5.69 Å². The summed E-state index contributed by atoms with van der Waals surface area (Å²) in [6.07, 6.45) is 3.24. The molecule has 1 aliphatic rings. The fraction of sp³-hybridized carbons (Fsp3) is 0.350. The Kier molecular flexibility index (Phi) is 4.96. The Labute approximate surface area is 138 Å². The summed E-state index contributed by atoms with van der Waals surface area (Å²) in [6.45, 7) is 4.84. The van der Waals surface area contributed by atoms with E-state index in [1.807, 2.05) is 12.1 Å². The first kappa shape index (κ1) is 15.6. The van der Waals surface area contributed by atoms with Gasteiger partial charge in [0.25, 0.3) is 5.91 Å². The van der Waals surface area contributed by atoms with Gasteiger partial charge in [0.2, 0.25) is 0 Å². The molecule has 0 spiro atoms. The summed E-state index contributed by atoms with van der Waals surface area (Å²) >= 11 is 0. The lowest BCUT2D eigenvalue weighted by Crippen LogP contribution is -2.24. The Bertz CT molecular complexity index is 664. The number of carbonyl (C=O) groups excluding carboxylic acids is 1. The first-order valence-electron chi connectivity index (χ1n) is 8.48. The summed E-state index contributed by atoms with van der Waals surface area (Å²) in [4.78, 5) is 14.4. The molecule has 0 aliphatic carbocycles. The zero-order chi connectivity index (χ0) is 16.1. The van der Waals surface area contributed by atoms with E-state index >= 15 is 0 Å². The monoisotopic (exact) mass is 308 g/mol. The first-order valence-corrected chi connectivity index (χ1v) is 8.48. The second kappa shape index (κ2) is 7.32. The van der Waals surface area contributed by atoms with E-state index in [1.165, 1.54) is 16.8 Å². The molecule has 0 aromatic heterocycles. The largest absolute Gasteiger partial charge is 0.367 e. The summed E-state index contributed by atoms with van der Waals surface area (Å²) < 4.78 is 0. The molecule has 23 heavy (non-hydrogen) atoms. The standard InChI is InChI=1S/C20H24N2O/c1-2-3-13-21-20(23)18-10-8-16(9-11-18)15-22-14-12-17-6-4-5-7-19(17)22/h4-11H,2-3,12-15H2,1H3,(H,21,23). The smallest absolute Gasteiger partial charge is 0.251 e. The minimum Gasteiger partial charge on any atom is -0.367 e. The third kappa shape index (κ3) is 3.73. The van der Waals surface area contributed by atoms with Crippen molar-refractivity contribution in [3.05, 3.63) is 65.2 Å². The second-order valence-electron chi connectivity index (χ2n) is 6.11. The summed E-state index contributed by atoms with van der Waals surface area (Å²) in [5.41, 5.74) is 4.76. The van der Waals surface area contributed by atoms with Crippen molar-refractivity contribution in [1.82, 2.24) is 5.32 Å². The molecular formula is C20H24N2O. The fourth-order valence-corrected chi connectivity index (χ4v) is 3.03. The van der Waals surface area contributed by atoms with Gasteiger partial charge in [0.15, 0.2) is 0 Å². The lowest BCUT2D eigenvalue weighted by atomic mass is 10.1. The lowest BCUT2D eigenvalue weighted by molar-refractivity contribution is 0.0953. The van der Waals surface area contributed by atoms with Gasteiger partial charge < -0.3 is 10.2 Å². The van der Waals surface area contributed by atoms with Crippen molar-refractivity contribution >= 4 is 11.6 Å². The summed E-state index contributed by atoms with van der Waals surface area (Å²) in [5, 5.41) is 2.96. The van der Waals surface area contributed by atoms with Crippen LogP contribution in [0.2, 0.25) is 0 Å². The zero-order valence-corrected chi connectivity index (χ0v) is 13.7. The van der Waals surface area contributed by atoms with Crippen LogP contribution >= 0.6 is 0 Å². The SMILES string of the molecule is CCCCNC(=O)c1ccc(CN2CCc3ccccc32)cc1. The number of rotatable bonds is 6. The van der Waals surface area contributed by atoms with E-state index in [2.05, 4.69) is 53.5 Å². The number of unbranched alkanes of at least 4 members (excludes halogenated alkanes) is 1. The fourth-order valence-electron chi connectivity index (χ4n) is 3.03. The maximum atomic E-state index is 12.0. The number of anilines is 1. The molecule has 1 N–H and O–H groups in total. The predicted molar refractivity (Wildman–Crippen MR) is 94.9 cm³/mol. The molecule has 2 aromatic carbocycles. The Balaban J connectivity index is 1.61. The Morgan fingerprint density at radius 1 is 1.13 bits per heavy atom. The molecule has 1 heterocycles. The van der Waals surface area contributed by atoms with E-state index < -0.39 is 0 Å². The molecule has 0 fully saturated rings. The topological polar surface area (TPSA) is 32.3 Å². The van der Waals surface area contributed by atoms with Crippen molar-refractivity contribution in [3.63, 3.8) is 0 Å². The highest BCUT2D eigenvalue weighted by molar-refractivity contribution is 5.94. The number of amides is 1. The van der Waals surface area contributed by atoms with Crippen LogP contribution in [0.1, 0.15) is 41.3 Å². The maximum absolute atomic E-state index is 12.0. The highest BCUT2D eigenvalue weighted by atomic mass is 16.1. The molecule has 1 amide bonds.